The molecule has 2 heterocycles. The summed E-state index contributed by atoms with van der Waals surface area (Å²) in [5.41, 5.74) is 3.21. The van der Waals surface area contributed by atoms with Crippen LogP contribution < -0.4 is 4.90 Å². The monoisotopic (exact) mass is 387 g/mol. The zero-order valence-corrected chi connectivity index (χ0v) is 16.4. The predicted octanol–water partition coefficient (Wildman–Crippen LogP) is 3.70. The van der Waals surface area contributed by atoms with Crippen LogP contribution in [0.5, 0.6) is 0 Å². The molecule has 3 aromatic rings. The number of carboxylic acids is 1. The van der Waals surface area contributed by atoms with Crippen LogP contribution in [-0.4, -0.2) is 53.7 Å². The molecule has 1 saturated heterocycles. The number of hydrogen-bond donors (Lipinski definition) is 1. The molecular weight excluding hydrogens is 362 g/mol. The molecule has 148 valence electrons. The lowest BCUT2D eigenvalue weighted by Gasteiger charge is -2.35. The van der Waals surface area contributed by atoms with Crippen molar-refractivity contribution in [3.05, 3.63) is 77.9 Å². The minimum Gasteiger partial charge on any atom is -0.478 e. The Balaban J connectivity index is 1.31. The Hall–Kier alpha value is -3.18. The molecule has 1 aliphatic heterocycles. The van der Waals surface area contributed by atoms with E-state index in [2.05, 4.69) is 46.2 Å². The second-order valence-corrected chi connectivity index (χ2v) is 7.36. The van der Waals surface area contributed by atoms with Crippen LogP contribution in [0, 0.1) is 0 Å². The zero-order valence-electron chi connectivity index (χ0n) is 16.4. The number of fused-ring (bicyclic) bond motifs is 1. The number of anilines is 1. The largest absolute Gasteiger partial charge is 0.478 e. The SMILES string of the molecule is O=C(O)C=Cc1cccc(CCN2CCN(c3ccc4ccccc4n3)CC2)c1. The average Bonchev–Trinajstić information content (AvgIpc) is 2.76. The first-order chi connectivity index (χ1) is 14.2. The molecule has 29 heavy (non-hydrogen) atoms. The molecular formula is C24H25N3O2. The van der Waals surface area contributed by atoms with Crippen molar-refractivity contribution in [2.75, 3.05) is 37.6 Å². The average molecular weight is 387 g/mol. The number of rotatable bonds is 6. The van der Waals surface area contributed by atoms with Gasteiger partial charge in [0.25, 0.3) is 0 Å². The number of nitrogens with zero attached hydrogens (tertiary/aromatic N) is 3. The van der Waals surface area contributed by atoms with Crippen molar-refractivity contribution in [2.45, 2.75) is 6.42 Å². The summed E-state index contributed by atoms with van der Waals surface area (Å²) in [6.07, 6.45) is 3.78. The van der Waals surface area contributed by atoms with Crippen molar-refractivity contribution < 1.29 is 9.90 Å². The normalized spacial score (nSPS) is 15.2. The van der Waals surface area contributed by atoms with Gasteiger partial charge in [-0.05, 0) is 41.8 Å². The van der Waals surface area contributed by atoms with Crippen molar-refractivity contribution in [3.8, 4) is 0 Å². The maximum atomic E-state index is 10.7. The second kappa shape index (κ2) is 8.88. The summed E-state index contributed by atoms with van der Waals surface area (Å²) in [4.78, 5) is 20.3. The molecule has 5 nitrogen and oxygen atoms in total. The van der Waals surface area contributed by atoms with Crippen LogP contribution in [0.15, 0.2) is 66.7 Å². The molecule has 1 aliphatic rings. The summed E-state index contributed by atoms with van der Waals surface area (Å²) in [6.45, 7) is 5.00. The minimum atomic E-state index is -0.922. The fourth-order valence-electron chi connectivity index (χ4n) is 3.74. The van der Waals surface area contributed by atoms with E-state index in [-0.39, 0.29) is 0 Å². The maximum absolute atomic E-state index is 10.7. The Morgan fingerprint density at radius 1 is 1.00 bits per heavy atom. The molecule has 0 spiro atoms. The Labute approximate surface area is 170 Å². The lowest BCUT2D eigenvalue weighted by molar-refractivity contribution is -0.131. The fraction of sp³-hybridized carbons (Fsp3) is 0.250. The molecule has 1 aromatic heterocycles. The maximum Gasteiger partial charge on any atom is 0.328 e. The van der Waals surface area contributed by atoms with Crippen LogP contribution >= 0.6 is 0 Å². The summed E-state index contributed by atoms with van der Waals surface area (Å²) in [6, 6.07) is 20.6. The van der Waals surface area contributed by atoms with Gasteiger partial charge in [0.1, 0.15) is 5.82 Å². The molecule has 4 rings (SSSR count). The van der Waals surface area contributed by atoms with Gasteiger partial charge >= 0.3 is 5.97 Å². The van der Waals surface area contributed by atoms with Crippen LogP contribution in [0.25, 0.3) is 17.0 Å². The topological polar surface area (TPSA) is 56.7 Å². The van der Waals surface area contributed by atoms with Crippen LogP contribution in [0.3, 0.4) is 0 Å². The van der Waals surface area contributed by atoms with Gasteiger partial charge in [0, 0.05) is 44.2 Å². The summed E-state index contributed by atoms with van der Waals surface area (Å²) in [7, 11) is 0. The summed E-state index contributed by atoms with van der Waals surface area (Å²) in [5, 5.41) is 9.95. The number of carboxylic acid groups (broad SMARTS) is 1. The Morgan fingerprint density at radius 2 is 1.83 bits per heavy atom. The van der Waals surface area contributed by atoms with E-state index in [1.807, 2.05) is 24.3 Å². The first-order valence-electron chi connectivity index (χ1n) is 10.0. The summed E-state index contributed by atoms with van der Waals surface area (Å²) >= 11 is 0. The van der Waals surface area contributed by atoms with E-state index in [0.29, 0.717) is 0 Å². The van der Waals surface area contributed by atoms with E-state index in [9.17, 15) is 4.79 Å². The zero-order chi connectivity index (χ0) is 20.1. The molecule has 5 heteroatoms. The van der Waals surface area contributed by atoms with E-state index in [0.717, 1.165) is 56.0 Å². The number of hydrogen-bond acceptors (Lipinski definition) is 4. The van der Waals surface area contributed by atoms with Crippen LogP contribution in [0.4, 0.5) is 5.82 Å². The summed E-state index contributed by atoms with van der Waals surface area (Å²) < 4.78 is 0. The van der Waals surface area contributed by atoms with E-state index >= 15 is 0 Å². The number of piperazine rings is 1. The predicted molar refractivity (Wildman–Crippen MR) is 117 cm³/mol. The molecule has 1 N–H and O–H groups in total. The van der Waals surface area contributed by atoms with E-state index in [1.54, 1.807) is 6.08 Å². The van der Waals surface area contributed by atoms with Gasteiger partial charge in [0.05, 0.1) is 5.52 Å². The summed E-state index contributed by atoms with van der Waals surface area (Å²) in [5.74, 6) is 0.135. The Morgan fingerprint density at radius 3 is 2.66 bits per heavy atom. The van der Waals surface area contributed by atoms with Crippen LogP contribution in [0.1, 0.15) is 11.1 Å². The van der Waals surface area contributed by atoms with Crippen molar-refractivity contribution in [2.24, 2.45) is 0 Å². The number of carbonyl (C=O) groups is 1. The lowest BCUT2D eigenvalue weighted by Crippen LogP contribution is -2.47. The van der Waals surface area contributed by atoms with Gasteiger partial charge in [-0.25, -0.2) is 9.78 Å². The lowest BCUT2D eigenvalue weighted by atomic mass is 10.1. The number of aliphatic carboxylic acids is 1. The van der Waals surface area contributed by atoms with Crippen LogP contribution in [0.2, 0.25) is 0 Å². The van der Waals surface area contributed by atoms with Crippen molar-refractivity contribution in [3.63, 3.8) is 0 Å². The van der Waals surface area contributed by atoms with Crippen molar-refractivity contribution in [1.29, 1.82) is 0 Å². The number of pyridine rings is 1. The number of para-hydroxylation sites is 1. The highest BCUT2D eigenvalue weighted by atomic mass is 16.4. The van der Waals surface area contributed by atoms with Crippen LogP contribution in [-0.2, 0) is 11.2 Å². The van der Waals surface area contributed by atoms with Gasteiger partial charge in [0.15, 0.2) is 0 Å². The third-order valence-corrected chi connectivity index (χ3v) is 5.37. The highest BCUT2D eigenvalue weighted by Gasteiger charge is 2.18. The Bertz CT molecular complexity index is 1020. The first-order valence-corrected chi connectivity index (χ1v) is 10.0. The van der Waals surface area contributed by atoms with Crippen molar-refractivity contribution >= 4 is 28.8 Å². The quantitative estimate of drug-likeness (QED) is 0.654. The van der Waals surface area contributed by atoms with Crippen molar-refractivity contribution in [1.82, 2.24) is 9.88 Å². The molecule has 0 bridgehead atoms. The molecule has 0 amide bonds. The fourth-order valence-corrected chi connectivity index (χ4v) is 3.74. The molecule has 0 unspecified atom stereocenters. The standard InChI is InChI=1S/C24H25N3O2/c28-24(29)11-8-19-4-3-5-20(18-19)12-13-26-14-16-27(17-15-26)23-10-9-21-6-1-2-7-22(21)25-23/h1-11,18H,12-17H2,(H,28,29). The van der Waals surface area contributed by atoms with E-state index in [1.165, 1.54) is 17.0 Å². The highest BCUT2D eigenvalue weighted by Crippen LogP contribution is 2.19. The Kier molecular flexibility index (Phi) is 5.86. The second-order valence-electron chi connectivity index (χ2n) is 7.36. The first kappa shape index (κ1) is 19.2. The van der Waals surface area contributed by atoms with E-state index in [4.69, 9.17) is 10.1 Å². The van der Waals surface area contributed by atoms with Gasteiger partial charge in [-0.1, -0.05) is 42.5 Å². The number of benzene rings is 2. The number of aromatic nitrogens is 1. The molecule has 2 aromatic carbocycles. The van der Waals surface area contributed by atoms with Gasteiger partial charge in [-0.3, -0.25) is 4.90 Å². The molecule has 0 saturated carbocycles. The molecule has 1 fully saturated rings. The highest BCUT2D eigenvalue weighted by molar-refractivity contribution is 5.85. The molecule has 0 radical (unpaired) electrons. The van der Waals surface area contributed by atoms with Gasteiger partial charge in [-0.15, -0.1) is 0 Å². The third-order valence-electron chi connectivity index (χ3n) is 5.37. The van der Waals surface area contributed by atoms with Gasteiger partial charge in [0.2, 0.25) is 0 Å². The molecule has 0 atom stereocenters. The van der Waals surface area contributed by atoms with E-state index < -0.39 is 5.97 Å². The third kappa shape index (κ3) is 5.00. The van der Waals surface area contributed by atoms with Gasteiger partial charge < -0.3 is 10.0 Å². The minimum absolute atomic E-state index is 0.922. The smallest absolute Gasteiger partial charge is 0.328 e. The van der Waals surface area contributed by atoms with Gasteiger partial charge in [-0.2, -0.15) is 0 Å². The molecule has 0 aliphatic carbocycles.